The fourth-order valence-corrected chi connectivity index (χ4v) is 4.65. The van der Waals surface area contributed by atoms with Gasteiger partial charge < -0.3 is 14.8 Å². The van der Waals surface area contributed by atoms with Crippen LogP contribution in [0.1, 0.15) is 109 Å². The van der Waals surface area contributed by atoms with Crippen molar-refractivity contribution in [3.63, 3.8) is 0 Å². The van der Waals surface area contributed by atoms with E-state index in [1.165, 1.54) is 106 Å². The van der Waals surface area contributed by atoms with Crippen LogP contribution < -0.4 is 10.1 Å². The van der Waals surface area contributed by atoms with Crippen molar-refractivity contribution in [2.45, 2.75) is 110 Å². The van der Waals surface area contributed by atoms with Crippen LogP contribution in [0.25, 0.3) is 10.8 Å². The van der Waals surface area contributed by atoms with Crippen molar-refractivity contribution in [3.05, 3.63) is 42.0 Å². The molecule has 0 aliphatic carbocycles. The number of hydrogen-bond donors (Lipinski definition) is 1. The summed E-state index contributed by atoms with van der Waals surface area (Å²) in [6, 6.07) is 12.9. The average Bonchev–Trinajstić information content (AvgIpc) is 2.87. The smallest absolute Gasteiger partial charge is 0.124 e. The van der Waals surface area contributed by atoms with Crippen LogP contribution in [-0.4, -0.2) is 26.4 Å². The molecule has 0 aliphatic rings. The van der Waals surface area contributed by atoms with Gasteiger partial charge in [-0.05, 0) is 36.7 Å². The van der Waals surface area contributed by atoms with Crippen LogP contribution in [0, 0.1) is 0 Å². The second kappa shape index (κ2) is 19.7. The Morgan fingerprint density at radius 3 is 1.91 bits per heavy atom. The minimum Gasteiger partial charge on any atom is -0.491 e. The molecule has 0 atom stereocenters. The van der Waals surface area contributed by atoms with Gasteiger partial charge in [0.1, 0.15) is 12.4 Å². The summed E-state index contributed by atoms with van der Waals surface area (Å²) in [5, 5.41) is 6.22. The fourth-order valence-electron chi connectivity index (χ4n) is 4.65. The molecule has 34 heavy (non-hydrogen) atoms. The molecule has 3 heteroatoms. The molecule has 0 unspecified atom stereocenters. The Hall–Kier alpha value is -1.58. The molecule has 0 aromatic heterocycles. The number of benzene rings is 2. The van der Waals surface area contributed by atoms with E-state index in [9.17, 15) is 0 Å². The van der Waals surface area contributed by atoms with Gasteiger partial charge in [-0.3, -0.25) is 0 Å². The Bertz CT molecular complexity index is 745. The SMILES string of the molecule is CCCCCCCCCCCCCCCCNCc1c(OCCOCC)ccc2ccccc12. The van der Waals surface area contributed by atoms with E-state index in [4.69, 9.17) is 9.47 Å². The second-order valence-corrected chi connectivity index (χ2v) is 9.58. The maximum Gasteiger partial charge on any atom is 0.124 e. The molecule has 2 aromatic rings. The first-order valence-corrected chi connectivity index (χ1v) is 14.3. The van der Waals surface area contributed by atoms with Gasteiger partial charge in [-0.25, -0.2) is 0 Å². The van der Waals surface area contributed by atoms with E-state index < -0.39 is 0 Å². The van der Waals surface area contributed by atoms with Crippen LogP contribution in [-0.2, 0) is 11.3 Å². The monoisotopic (exact) mass is 469 g/mol. The van der Waals surface area contributed by atoms with Gasteiger partial charge in [0.2, 0.25) is 0 Å². The number of nitrogens with one attached hydrogen (secondary N) is 1. The van der Waals surface area contributed by atoms with Crippen molar-refractivity contribution in [2.24, 2.45) is 0 Å². The quantitative estimate of drug-likeness (QED) is 0.175. The molecular weight excluding hydrogens is 418 g/mol. The molecule has 0 spiro atoms. The predicted octanol–water partition coefficient (Wildman–Crippen LogP) is 8.83. The van der Waals surface area contributed by atoms with Crippen molar-refractivity contribution in [1.29, 1.82) is 0 Å². The Labute approximate surface area is 210 Å². The van der Waals surface area contributed by atoms with Gasteiger partial charge in [0.25, 0.3) is 0 Å². The zero-order valence-electron chi connectivity index (χ0n) is 22.2. The van der Waals surface area contributed by atoms with E-state index >= 15 is 0 Å². The average molecular weight is 470 g/mol. The maximum atomic E-state index is 6.06. The highest BCUT2D eigenvalue weighted by Crippen LogP contribution is 2.28. The summed E-state index contributed by atoms with van der Waals surface area (Å²) >= 11 is 0. The van der Waals surface area contributed by atoms with Crippen molar-refractivity contribution < 1.29 is 9.47 Å². The summed E-state index contributed by atoms with van der Waals surface area (Å²) in [7, 11) is 0. The minimum absolute atomic E-state index is 0.595. The van der Waals surface area contributed by atoms with E-state index in [-0.39, 0.29) is 0 Å². The molecule has 0 saturated carbocycles. The van der Waals surface area contributed by atoms with Crippen molar-refractivity contribution >= 4 is 10.8 Å². The molecule has 3 nitrogen and oxygen atoms in total. The fraction of sp³-hybridized carbons (Fsp3) is 0.677. The predicted molar refractivity (Wildman–Crippen MR) is 148 cm³/mol. The van der Waals surface area contributed by atoms with Crippen molar-refractivity contribution in [2.75, 3.05) is 26.4 Å². The summed E-state index contributed by atoms with van der Waals surface area (Å²) in [6.45, 7) is 8.19. The summed E-state index contributed by atoms with van der Waals surface area (Å²) in [4.78, 5) is 0. The topological polar surface area (TPSA) is 30.5 Å². The lowest BCUT2D eigenvalue weighted by atomic mass is 10.0. The minimum atomic E-state index is 0.595. The first-order chi connectivity index (χ1) is 16.9. The first kappa shape index (κ1) is 28.7. The van der Waals surface area contributed by atoms with Crippen LogP contribution in [0.2, 0.25) is 0 Å². The second-order valence-electron chi connectivity index (χ2n) is 9.58. The lowest BCUT2D eigenvalue weighted by molar-refractivity contribution is 0.110. The van der Waals surface area contributed by atoms with Gasteiger partial charge in [-0.15, -0.1) is 0 Å². The summed E-state index contributed by atoms with van der Waals surface area (Å²) in [5.74, 6) is 0.979. The lowest BCUT2D eigenvalue weighted by Crippen LogP contribution is -2.16. The molecule has 1 N–H and O–H groups in total. The van der Waals surface area contributed by atoms with Crippen molar-refractivity contribution in [3.8, 4) is 5.75 Å². The van der Waals surface area contributed by atoms with Crippen LogP contribution >= 0.6 is 0 Å². The number of fused-ring (bicyclic) bond motifs is 1. The number of hydrogen-bond acceptors (Lipinski definition) is 3. The third-order valence-electron chi connectivity index (χ3n) is 6.70. The molecule has 0 heterocycles. The van der Waals surface area contributed by atoms with Crippen LogP contribution in [0.4, 0.5) is 0 Å². The normalized spacial score (nSPS) is 11.4. The third kappa shape index (κ3) is 12.2. The molecule has 0 saturated heterocycles. The van der Waals surface area contributed by atoms with E-state index in [1.807, 2.05) is 6.92 Å². The summed E-state index contributed by atoms with van der Waals surface area (Å²) in [6.07, 6.45) is 19.7. The molecule has 2 rings (SSSR count). The number of ether oxygens (including phenoxy) is 2. The molecule has 0 radical (unpaired) electrons. The highest BCUT2D eigenvalue weighted by atomic mass is 16.5. The maximum absolute atomic E-state index is 6.06. The zero-order valence-corrected chi connectivity index (χ0v) is 22.2. The van der Waals surface area contributed by atoms with E-state index in [0.717, 1.165) is 25.4 Å². The molecule has 0 amide bonds. The molecular formula is C31H51NO2. The summed E-state index contributed by atoms with van der Waals surface area (Å²) in [5.41, 5.74) is 1.26. The van der Waals surface area contributed by atoms with Gasteiger partial charge >= 0.3 is 0 Å². The van der Waals surface area contributed by atoms with Crippen LogP contribution in [0.3, 0.4) is 0 Å². The zero-order chi connectivity index (χ0) is 24.1. The van der Waals surface area contributed by atoms with Gasteiger partial charge in [-0.2, -0.15) is 0 Å². The van der Waals surface area contributed by atoms with Gasteiger partial charge in [-0.1, -0.05) is 121 Å². The van der Waals surface area contributed by atoms with E-state index in [2.05, 4.69) is 48.6 Å². The molecule has 0 bridgehead atoms. The van der Waals surface area contributed by atoms with Gasteiger partial charge in [0, 0.05) is 18.7 Å². The Balaban J connectivity index is 1.55. The first-order valence-electron chi connectivity index (χ1n) is 14.3. The van der Waals surface area contributed by atoms with Gasteiger partial charge in [0.05, 0.1) is 6.61 Å². The van der Waals surface area contributed by atoms with Crippen LogP contribution in [0.15, 0.2) is 36.4 Å². The molecule has 192 valence electrons. The number of rotatable bonds is 22. The molecule has 0 fully saturated rings. The van der Waals surface area contributed by atoms with E-state index in [1.54, 1.807) is 0 Å². The van der Waals surface area contributed by atoms with Crippen LogP contribution in [0.5, 0.6) is 5.75 Å². The third-order valence-corrected chi connectivity index (χ3v) is 6.70. The Kier molecular flexibility index (Phi) is 16.6. The Morgan fingerprint density at radius 2 is 1.26 bits per heavy atom. The molecule has 2 aromatic carbocycles. The highest BCUT2D eigenvalue weighted by Gasteiger charge is 2.09. The lowest BCUT2D eigenvalue weighted by Gasteiger charge is -2.15. The standard InChI is InChI=1S/C31H51NO2/c1-3-5-6-7-8-9-10-11-12-13-14-15-16-19-24-32-27-30-29-21-18-17-20-28(29)22-23-31(30)34-26-25-33-4-2/h17-18,20-23,32H,3-16,19,24-27H2,1-2H3. The van der Waals surface area contributed by atoms with E-state index in [0.29, 0.717) is 13.2 Å². The largest absolute Gasteiger partial charge is 0.491 e. The molecule has 0 aliphatic heterocycles. The Morgan fingerprint density at radius 1 is 0.647 bits per heavy atom. The highest BCUT2D eigenvalue weighted by molar-refractivity contribution is 5.87. The summed E-state index contributed by atoms with van der Waals surface area (Å²) < 4.78 is 11.5. The van der Waals surface area contributed by atoms with Gasteiger partial charge in [0.15, 0.2) is 0 Å². The van der Waals surface area contributed by atoms with Crippen molar-refractivity contribution in [1.82, 2.24) is 5.32 Å². The number of unbranched alkanes of at least 4 members (excludes halogenated alkanes) is 13.